The maximum atomic E-state index is 12.5. The van der Waals surface area contributed by atoms with Crippen LogP contribution in [-0.2, 0) is 21.4 Å². The van der Waals surface area contributed by atoms with E-state index in [1.807, 2.05) is 6.92 Å². The number of benzene rings is 3. The predicted octanol–water partition coefficient (Wildman–Crippen LogP) is 2.44. The smallest absolute Gasteiger partial charge is 0.325 e. The van der Waals surface area contributed by atoms with Crippen LogP contribution in [0.3, 0.4) is 0 Å². The number of fused-ring (bicyclic) bond motifs is 1. The van der Waals surface area contributed by atoms with E-state index in [0.717, 1.165) is 10.1 Å². The number of nitrogens with zero attached hydrogens (tertiary/aromatic N) is 1. The summed E-state index contributed by atoms with van der Waals surface area (Å²) in [5, 5.41) is 2.89. The molecule has 0 saturated carbocycles. The van der Waals surface area contributed by atoms with Gasteiger partial charge in [-0.3, -0.25) is 18.9 Å². The van der Waals surface area contributed by atoms with Gasteiger partial charge in [0.1, 0.15) is 6.54 Å². The molecule has 0 atom stereocenters. The normalized spacial score (nSPS) is 11.3. The number of sulfonamides is 1. The van der Waals surface area contributed by atoms with Crippen molar-refractivity contribution < 1.29 is 13.2 Å². The number of amides is 1. The van der Waals surface area contributed by atoms with Crippen molar-refractivity contribution in [2.45, 2.75) is 18.4 Å². The van der Waals surface area contributed by atoms with Crippen molar-refractivity contribution in [3.05, 3.63) is 99.2 Å². The summed E-state index contributed by atoms with van der Waals surface area (Å²) in [6, 6.07) is 19.0. The SMILES string of the molecule is Cc1ccc(S(=O)(=O)Nc2ccc(NC(=O)Cn3c(=O)[nH]c4ccccc4c3=O)cc2)cc1. The van der Waals surface area contributed by atoms with Crippen LogP contribution in [0.5, 0.6) is 0 Å². The summed E-state index contributed by atoms with van der Waals surface area (Å²) in [7, 11) is -3.75. The lowest BCUT2D eigenvalue weighted by molar-refractivity contribution is -0.116. The first kappa shape index (κ1) is 22.0. The average Bonchev–Trinajstić information content (AvgIpc) is 2.78. The number of H-pyrrole nitrogens is 1. The van der Waals surface area contributed by atoms with Gasteiger partial charge in [0.05, 0.1) is 15.8 Å². The first-order chi connectivity index (χ1) is 15.7. The molecule has 1 amide bonds. The van der Waals surface area contributed by atoms with Crippen LogP contribution in [0.2, 0.25) is 0 Å². The Hall–Kier alpha value is -4.18. The molecule has 3 aromatic carbocycles. The Bertz CT molecular complexity index is 1550. The third-order valence-electron chi connectivity index (χ3n) is 4.94. The molecule has 33 heavy (non-hydrogen) atoms. The first-order valence-electron chi connectivity index (χ1n) is 9.94. The number of para-hydroxylation sites is 1. The second kappa shape index (κ2) is 8.75. The van der Waals surface area contributed by atoms with Crippen molar-refractivity contribution in [3.63, 3.8) is 0 Å². The Labute approximate surface area is 188 Å². The summed E-state index contributed by atoms with van der Waals surface area (Å²) in [4.78, 5) is 39.9. The molecule has 1 aromatic heterocycles. The molecule has 4 rings (SSSR count). The van der Waals surface area contributed by atoms with Gasteiger partial charge in [-0.25, -0.2) is 13.2 Å². The van der Waals surface area contributed by atoms with Gasteiger partial charge >= 0.3 is 5.69 Å². The van der Waals surface area contributed by atoms with E-state index in [-0.39, 0.29) is 4.90 Å². The minimum atomic E-state index is -3.75. The summed E-state index contributed by atoms with van der Waals surface area (Å²) < 4.78 is 28.3. The van der Waals surface area contributed by atoms with Crippen LogP contribution in [0.4, 0.5) is 11.4 Å². The van der Waals surface area contributed by atoms with Crippen LogP contribution < -0.4 is 21.3 Å². The average molecular weight is 465 g/mol. The van der Waals surface area contributed by atoms with E-state index in [9.17, 15) is 22.8 Å². The van der Waals surface area contributed by atoms with Crippen LogP contribution in [0.15, 0.2) is 87.3 Å². The maximum absolute atomic E-state index is 12.5. The number of aromatic amines is 1. The van der Waals surface area contributed by atoms with Crippen LogP contribution in [0.1, 0.15) is 5.56 Å². The molecule has 0 fully saturated rings. The zero-order chi connectivity index (χ0) is 23.6. The lowest BCUT2D eigenvalue weighted by Crippen LogP contribution is -2.38. The number of nitrogens with one attached hydrogen (secondary N) is 3. The Kier molecular flexibility index (Phi) is 5.84. The second-order valence-corrected chi connectivity index (χ2v) is 9.09. The van der Waals surface area contributed by atoms with E-state index in [4.69, 9.17) is 0 Å². The molecule has 4 aromatic rings. The molecular formula is C23H20N4O5S. The monoisotopic (exact) mass is 464 g/mol. The van der Waals surface area contributed by atoms with Crippen molar-refractivity contribution in [1.82, 2.24) is 9.55 Å². The molecule has 10 heteroatoms. The number of aromatic nitrogens is 2. The van der Waals surface area contributed by atoms with Gasteiger partial charge in [-0.05, 0) is 55.5 Å². The number of hydrogen-bond acceptors (Lipinski definition) is 5. The van der Waals surface area contributed by atoms with Crippen LogP contribution >= 0.6 is 0 Å². The highest BCUT2D eigenvalue weighted by Crippen LogP contribution is 2.19. The highest BCUT2D eigenvalue weighted by molar-refractivity contribution is 7.92. The number of carbonyl (C=O) groups is 1. The zero-order valence-electron chi connectivity index (χ0n) is 17.5. The quantitative estimate of drug-likeness (QED) is 0.404. The maximum Gasteiger partial charge on any atom is 0.329 e. The molecule has 0 aliphatic heterocycles. The molecule has 0 radical (unpaired) electrons. The third-order valence-corrected chi connectivity index (χ3v) is 6.34. The Morgan fingerprint density at radius 2 is 1.55 bits per heavy atom. The van der Waals surface area contributed by atoms with Gasteiger partial charge in [0, 0.05) is 11.4 Å². The van der Waals surface area contributed by atoms with E-state index in [0.29, 0.717) is 22.3 Å². The summed E-state index contributed by atoms with van der Waals surface area (Å²) >= 11 is 0. The van der Waals surface area contributed by atoms with E-state index in [1.54, 1.807) is 36.4 Å². The fourth-order valence-corrected chi connectivity index (χ4v) is 4.30. The first-order valence-corrected chi connectivity index (χ1v) is 11.4. The molecule has 0 aliphatic carbocycles. The summed E-state index contributed by atoms with van der Waals surface area (Å²) in [5.41, 5.74) is 0.786. The van der Waals surface area contributed by atoms with Crippen LogP contribution in [-0.4, -0.2) is 23.9 Å². The number of aryl methyl sites for hydroxylation is 1. The molecule has 0 spiro atoms. The zero-order valence-corrected chi connectivity index (χ0v) is 18.3. The molecule has 0 unspecified atom stereocenters. The molecule has 0 bridgehead atoms. The van der Waals surface area contributed by atoms with E-state index in [2.05, 4.69) is 15.0 Å². The highest BCUT2D eigenvalue weighted by atomic mass is 32.2. The minimum absolute atomic E-state index is 0.136. The Morgan fingerprint density at radius 1 is 0.909 bits per heavy atom. The van der Waals surface area contributed by atoms with Crippen molar-refractivity contribution in [3.8, 4) is 0 Å². The molecule has 3 N–H and O–H groups in total. The Balaban J connectivity index is 1.46. The van der Waals surface area contributed by atoms with E-state index < -0.39 is 33.7 Å². The van der Waals surface area contributed by atoms with Gasteiger partial charge in [0.2, 0.25) is 5.91 Å². The molecule has 1 heterocycles. The lowest BCUT2D eigenvalue weighted by Gasteiger charge is -2.10. The summed E-state index contributed by atoms with van der Waals surface area (Å²) in [6.45, 7) is 1.39. The molecular weight excluding hydrogens is 444 g/mol. The standard InChI is InChI=1S/C23H20N4O5S/c1-15-6-12-18(13-7-15)33(31,32)26-17-10-8-16(9-11-17)24-21(28)14-27-22(29)19-4-2-3-5-20(19)25-23(27)30/h2-13,26H,14H2,1H3,(H,24,28)(H,25,30). The molecule has 168 valence electrons. The summed E-state index contributed by atoms with van der Waals surface area (Å²) in [5.74, 6) is -0.578. The fourth-order valence-electron chi connectivity index (χ4n) is 3.24. The second-order valence-electron chi connectivity index (χ2n) is 7.41. The number of anilines is 2. The van der Waals surface area contributed by atoms with Gasteiger partial charge in [-0.15, -0.1) is 0 Å². The van der Waals surface area contributed by atoms with E-state index in [1.165, 1.54) is 36.4 Å². The van der Waals surface area contributed by atoms with Gasteiger partial charge < -0.3 is 10.3 Å². The van der Waals surface area contributed by atoms with E-state index >= 15 is 0 Å². The van der Waals surface area contributed by atoms with Gasteiger partial charge in [0.15, 0.2) is 0 Å². The molecule has 9 nitrogen and oxygen atoms in total. The lowest BCUT2D eigenvalue weighted by atomic mass is 10.2. The van der Waals surface area contributed by atoms with Crippen LogP contribution in [0, 0.1) is 6.92 Å². The van der Waals surface area contributed by atoms with Gasteiger partial charge in [-0.1, -0.05) is 29.8 Å². The summed E-state index contributed by atoms with van der Waals surface area (Å²) in [6.07, 6.45) is 0. The largest absolute Gasteiger partial charge is 0.329 e. The number of carbonyl (C=O) groups excluding carboxylic acids is 1. The van der Waals surface area contributed by atoms with Crippen molar-refractivity contribution >= 4 is 38.2 Å². The minimum Gasteiger partial charge on any atom is -0.325 e. The van der Waals surface area contributed by atoms with Crippen molar-refractivity contribution in [1.29, 1.82) is 0 Å². The predicted molar refractivity (Wildman–Crippen MR) is 126 cm³/mol. The van der Waals surface area contributed by atoms with Crippen molar-refractivity contribution in [2.24, 2.45) is 0 Å². The van der Waals surface area contributed by atoms with Gasteiger partial charge in [0.25, 0.3) is 15.6 Å². The third kappa shape index (κ3) is 4.85. The van der Waals surface area contributed by atoms with Crippen LogP contribution in [0.25, 0.3) is 10.9 Å². The van der Waals surface area contributed by atoms with Crippen molar-refractivity contribution in [2.75, 3.05) is 10.0 Å². The topological polar surface area (TPSA) is 130 Å². The van der Waals surface area contributed by atoms with Gasteiger partial charge in [-0.2, -0.15) is 0 Å². The highest BCUT2D eigenvalue weighted by Gasteiger charge is 2.14. The fraction of sp³-hybridized carbons (Fsp3) is 0.0870. The number of rotatable bonds is 6. The Morgan fingerprint density at radius 3 is 2.24 bits per heavy atom. The molecule has 0 saturated heterocycles. The number of hydrogen-bond donors (Lipinski definition) is 3. The molecule has 0 aliphatic rings.